The number of carbonyl (C=O) groups is 1. The molecule has 0 fully saturated rings. The van der Waals surface area contributed by atoms with Crippen LogP contribution in [0.25, 0.3) is 0 Å². The van der Waals surface area contributed by atoms with Crippen LogP contribution in [0.4, 0.5) is 0 Å². The van der Waals surface area contributed by atoms with Crippen LogP contribution in [-0.2, 0) is 14.3 Å². The minimum atomic E-state index is -0.105. The Morgan fingerprint density at radius 1 is 1.35 bits per heavy atom. The predicted molar refractivity (Wildman–Crippen MR) is 67.8 cm³/mol. The third-order valence-electron chi connectivity index (χ3n) is 2.89. The Bertz CT molecular complexity index is 208. The van der Waals surface area contributed by atoms with Gasteiger partial charge in [-0.05, 0) is 13.3 Å². The van der Waals surface area contributed by atoms with Crippen LogP contribution in [0.15, 0.2) is 0 Å². The molecular weight excluding hydrogens is 220 g/mol. The van der Waals surface area contributed by atoms with E-state index in [1.807, 2.05) is 13.8 Å². The van der Waals surface area contributed by atoms with Crippen LogP contribution in [0, 0.1) is 5.92 Å². The maximum absolute atomic E-state index is 12.3. The first-order valence-electron chi connectivity index (χ1n) is 6.10. The van der Waals surface area contributed by atoms with Gasteiger partial charge in [-0.2, -0.15) is 0 Å². The van der Waals surface area contributed by atoms with E-state index in [9.17, 15) is 4.79 Å². The van der Waals surface area contributed by atoms with Crippen molar-refractivity contribution in [1.29, 1.82) is 0 Å². The van der Waals surface area contributed by atoms with Gasteiger partial charge in [0.05, 0.1) is 25.2 Å². The molecule has 2 atom stereocenters. The van der Waals surface area contributed by atoms with E-state index in [0.29, 0.717) is 26.3 Å². The van der Waals surface area contributed by atoms with Crippen LogP contribution in [0.1, 0.15) is 20.3 Å². The Labute approximate surface area is 104 Å². The lowest BCUT2D eigenvalue weighted by Gasteiger charge is -2.31. The van der Waals surface area contributed by atoms with Crippen molar-refractivity contribution in [3.05, 3.63) is 0 Å². The molecule has 0 saturated heterocycles. The van der Waals surface area contributed by atoms with E-state index in [0.717, 1.165) is 6.42 Å². The van der Waals surface area contributed by atoms with Crippen molar-refractivity contribution < 1.29 is 14.3 Å². The summed E-state index contributed by atoms with van der Waals surface area (Å²) in [6.07, 6.45) is 0.762. The fourth-order valence-electron chi connectivity index (χ4n) is 1.75. The van der Waals surface area contributed by atoms with Crippen molar-refractivity contribution in [1.82, 2.24) is 4.90 Å². The molecule has 17 heavy (non-hydrogen) atoms. The molecule has 0 aliphatic heterocycles. The zero-order valence-corrected chi connectivity index (χ0v) is 11.4. The highest BCUT2D eigenvalue weighted by Crippen LogP contribution is 2.10. The molecular formula is C12H26N2O3. The molecule has 2 unspecified atom stereocenters. The van der Waals surface area contributed by atoms with Crippen LogP contribution < -0.4 is 5.73 Å². The van der Waals surface area contributed by atoms with Gasteiger partial charge < -0.3 is 20.1 Å². The van der Waals surface area contributed by atoms with Crippen LogP contribution >= 0.6 is 0 Å². The molecule has 0 radical (unpaired) electrons. The van der Waals surface area contributed by atoms with Crippen LogP contribution in [0.3, 0.4) is 0 Å². The Hall–Kier alpha value is -0.650. The topological polar surface area (TPSA) is 64.8 Å². The zero-order valence-electron chi connectivity index (χ0n) is 11.4. The van der Waals surface area contributed by atoms with E-state index in [-0.39, 0.29) is 17.9 Å². The highest BCUT2D eigenvalue weighted by atomic mass is 16.5. The van der Waals surface area contributed by atoms with Gasteiger partial charge in [-0.1, -0.05) is 6.92 Å². The maximum atomic E-state index is 12.3. The maximum Gasteiger partial charge on any atom is 0.227 e. The second-order valence-corrected chi connectivity index (χ2v) is 4.17. The van der Waals surface area contributed by atoms with Crippen molar-refractivity contribution in [2.75, 3.05) is 40.5 Å². The predicted octanol–water partition coefficient (Wildman–Crippen LogP) is 0.481. The van der Waals surface area contributed by atoms with Crippen molar-refractivity contribution in [3.63, 3.8) is 0 Å². The third kappa shape index (κ3) is 5.48. The van der Waals surface area contributed by atoms with Crippen molar-refractivity contribution in [2.45, 2.75) is 26.3 Å². The standard InChI is InChI=1S/C12H26N2O3/c1-5-11(8-13)12(15)14(6-7-16-3)10(2)9-17-4/h10-11H,5-9,13H2,1-4H3. The van der Waals surface area contributed by atoms with E-state index in [2.05, 4.69) is 0 Å². The van der Waals surface area contributed by atoms with E-state index in [1.54, 1.807) is 19.1 Å². The van der Waals surface area contributed by atoms with E-state index in [1.165, 1.54) is 0 Å². The number of ether oxygens (including phenoxy) is 2. The van der Waals surface area contributed by atoms with Gasteiger partial charge in [0.15, 0.2) is 0 Å². The van der Waals surface area contributed by atoms with Crippen LogP contribution in [0.5, 0.6) is 0 Å². The molecule has 0 aliphatic carbocycles. The normalized spacial score (nSPS) is 14.4. The summed E-state index contributed by atoms with van der Waals surface area (Å²) >= 11 is 0. The second-order valence-electron chi connectivity index (χ2n) is 4.17. The molecule has 5 heteroatoms. The molecule has 0 aromatic heterocycles. The van der Waals surface area contributed by atoms with Gasteiger partial charge in [-0.15, -0.1) is 0 Å². The molecule has 0 heterocycles. The summed E-state index contributed by atoms with van der Waals surface area (Å²) in [5.74, 6) is -0.0113. The zero-order chi connectivity index (χ0) is 13.3. The molecule has 1 amide bonds. The monoisotopic (exact) mass is 246 g/mol. The summed E-state index contributed by atoms with van der Waals surface area (Å²) in [5, 5.41) is 0. The molecule has 0 saturated carbocycles. The summed E-state index contributed by atoms with van der Waals surface area (Å²) in [7, 11) is 3.26. The first-order chi connectivity index (χ1) is 8.12. The van der Waals surface area contributed by atoms with E-state index in [4.69, 9.17) is 15.2 Å². The molecule has 2 N–H and O–H groups in total. The van der Waals surface area contributed by atoms with Gasteiger partial charge in [0.25, 0.3) is 0 Å². The minimum Gasteiger partial charge on any atom is -0.383 e. The third-order valence-corrected chi connectivity index (χ3v) is 2.89. The quantitative estimate of drug-likeness (QED) is 0.643. The van der Waals surface area contributed by atoms with Crippen molar-refractivity contribution in [2.24, 2.45) is 11.7 Å². The van der Waals surface area contributed by atoms with Gasteiger partial charge in [-0.25, -0.2) is 0 Å². The number of hydrogen-bond acceptors (Lipinski definition) is 4. The fraction of sp³-hybridized carbons (Fsp3) is 0.917. The second kappa shape index (κ2) is 9.39. The number of rotatable bonds is 9. The summed E-state index contributed by atoms with van der Waals surface area (Å²) < 4.78 is 10.1. The minimum absolute atomic E-state index is 0.0447. The average molecular weight is 246 g/mol. The largest absolute Gasteiger partial charge is 0.383 e. The molecule has 0 bridgehead atoms. The smallest absolute Gasteiger partial charge is 0.227 e. The van der Waals surface area contributed by atoms with Crippen LogP contribution in [-0.4, -0.2) is 57.4 Å². The highest BCUT2D eigenvalue weighted by molar-refractivity contribution is 5.79. The Balaban J connectivity index is 4.58. The summed E-state index contributed by atoms with van der Waals surface area (Å²) in [6, 6.07) is 0.0447. The lowest BCUT2D eigenvalue weighted by Crippen LogP contribution is -2.47. The van der Waals surface area contributed by atoms with Gasteiger partial charge in [-0.3, -0.25) is 4.79 Å². The Kier molecular flexibility index (Phi) is 9.03. The Morgan fingerprint density at radius 3 is 2.41 bits per heavy atom. The summed E-state index contributed by atoms with van der Waals surface area (Å²) in [4.78, 5) is 14.1. The summed E-state index contributed by atoms with van der Waals surface area (Å²) in [5.41, 5.74) is 5.61. The van der Waals surface area contributed by atoms with Crippen molar-refractivity contribution >= 4 is 5.91 Å². The van der Waals surface area contributed by atoms with Gasteiger partial charge in [0.2, 0.25) is 5.91 Å². The first-order valence-corrected chi connectivity index (χ1v) is 6.10. The SMILES string of the molecule is CCC(CN)C(=O)N(CCOC)C(C)COC. The van der Waals surface area contributed by atoms with Crippen molar-refractivity contribution in [3.8, 4) is 0 Å². The van der Waals surface area contributed by atoms with Gasteiger partial charge in [0.1, 0.15) is 0 Å². The number of hydrogen-bond donors (Lipinski definition) is 1. The number of methoxy groups -OCH3 is 2. The van der Waals surface area contributed by atoms with E-state index < -0.39 is 0 Å². The number of carbonyl (C=O) groups excluding carboxylic acids is 1. The molecule has 0 aliphatic rings. The molecule has 0 rings (SSSR count). The first kappa shape index (κ1) is 16.4. The number of amides is 1. The molecule has 5 nitrogen and oxygen atoms in total. The lowest BCUT2D eigenvalue weighted by molar-refractivity contribution is -0.139. The lowest BCUT2D eigenvalue weighted by atomic mass is 10.0. The van der Waals surface area contributed by atoms with Crippen LogP contribution in [0.2, 0.25) is 0 Å². The molecule has 0 spiro atoms. The average Bonchev–Trinajstić information content (AvgIpc) is 2.31. The summed E-state index contributed by atoms with van der Waals surface area (Å²) in [6.45, 7) is 5.97. The van der Waals surface area contributed by atoms with Gasteiger partial charge >= 0.3 is 0 Å². The fourth-order valence-corrected chi connectivity index (χ4v) is 1.75. The molecule has 0 aromatic carbocycles. The molecule has 0 aromatic rings. The number of nitrogens with zero attached hydrogens (tertiary/aromatic N) is 1. The van der Waals surface area contributed by atoms with E-state index >= 15 is 0 Å². The molecule has 102 valence electrons. The number of nitrogens with two attached hydrogens (primary N) is 1. The highest BCUT2D eigenvalue weighted by Gasteiger charge is 2.25. The Morgan fingerprint density at radius 2 is 2.00 bits per heavy atom. The van der Waals surface area contributed by atoms with Gasteiger partial charge in [0, 0.05) is 27.3 Å².